The molecule has 0 aliphatic carbocycles. The third-order valence-electron chi connectivity index (χ3n) is 3.49. The molecule has 106 valence electrons. The number of hydrogen-bond donors (Lipinski definition) is 1. The maximum Gasteiger partial charge on any atom is 0.120 e. The zero-order valence-electron chi connectivity index (χ0n) is 12.2. The van der Waals surface area contributed by atoms with Gasteiger partial charge >= 0.3 is 0 Å². The largest absolute Gasteiger partial charge is 0.497 e. The van der Waals surface area contributed by atoms with E-state index in [4.69, 9.17) is 4.74 Å². The van der Waals surface area contributed by atoms with Gasteiger partial charge in [-0.05, 0) is 36.2 Å². The highest BCUT2D eigenvalue weighted by atomic mass is 16.5. The molecule has 0 amide bonds. The van der Waals surface area contributed by atoms with E-state index in [1.807, 2.05) is 62.5 Å². The average molecular weight is 271 g/mol. The van der Waals surface area contributed by atoms with Crippen molar-refractivity contribution in [3.63, 3.8) is 0 Å². The Morgan fingerprint density at radius 3 is 2.40 bits per heavy atom. The van der Waals surface area contributed by atoms with Crippen molar-refractivity contribution in [1.82, 2.24) is 0 Å². The van der Waals surface area contributed by atoms with Crippen molar-refractivity contribution < 1.29 is 9.84 Å². The quantitative estimate of drug-likeness (QED) is 0.895. The molecule has 0 unspecified atom stereocenters. The van der Waals surface area contributed by atoms with Crippen molar-refractivity contribution in [1.29, 1.82) is 0 Å². The predicted molar refractivity (Wildman–Crippen MR) is 82.7 cm³/mol. The van der Waals surface area contributed by atoms with Crippen LogP contribution in [-0.2, 0) is 0 Å². The normalized spacial score (nSPS) is 12.0. The fraction of sp³-hybridized carbons (Fsp3) is 0.294. The minimum atomic E-state index is -0.383. The smallest absolute Gasteiger partial charge is 0.120 e. The average Bonchev–Trinajstić information content (AvgIpc) is 2.53. The van der Waals surface area contributed by atoms with Crippen LogP contribution in [0, 0.1) is 0 Å². The van der Waals surface area contributed by atoms with Gasteiger partial charge in [-0.2, -0.15) is 0 Å². The maximum atomic E-state index is 9.81. The highest BCUT2D eigenvalue weighted by Crippen LogP contribution is 2.28. The van der Waals surface area contributed by atoms with Gasteiger partial charge in [-0.15, -0.1) is 0 Å². The molecule has 0 aromatic heterocycles. The zero-order chi connectivity index (χ0) is 14.5. The molecule has 3 nitrogen and oxygen atoms in total. The first-order valence-corrected chi connectivity index (χ1v) is 6.81. The Kier molecular flexibility index (Phi) is 4.64. The van der Waals surface area contributed by atoms with Gasteiger partial charge in [-0.1, -0.05) is 25.1 Å². The van der Waals surface area contributed by atoms with E-state index in [2.05, 4.69) is 4.90 Å². The number of aliphatic hydroxyl groups is 1. The van der Waals surface area contributed by atoms with E-state index in [0.29, 0.717) is 0 Å². The Labute approximate surface area is 120 Å². The van der Waals surface area contributed by atoms with Gasteiger partial charge in [0.1, 0.15) is 5.75 Å². The fourth-order valence-corrected chi connectivity index (χ4v) is 2.12. The number of anilines is 2. The van der Waals surface area contributed by atoms with Crippen molar-refractivity contribution in [2.24, 2.45) is 0 Å². The Morgan fingerprint density at radius 1 is 1.10 bits per heavy atom. The number of benzene rings is 2. The van der Waals surface area contributed by atoms with Crippen molar-refractivity contribution in [3.05, 3.63) is 54.1 Å². The molecule has 0 heterocycles. The van der Waals surface area contributed by atoms with Crippen molar-refractivity contribution >= 4 is 11.4 Å². The Balaban J connectivity index is 2.22. The third-order valence-corrected chi connectivity index (χ3v) is 3.49. The lowest BCUT2D eigenvalue weighted by Gasteiger charge is -2.21. The van der Waals surface area contributed by atoms with E-state index in [0.717, 1.165) is 29.1 Å². The molecule has 1 atom stereocenters. The van der Waals surface area contributed by atoms with Gasteiger partial charge in [0.25, 0.3) is 0 Å². The molecule has 1 N–H and O–H groups in total. The van der Waals surface area contributed by atoms with Crippen molar-refractivity contribution in [3.8, 4) is 5.75 Å². The summed E-state index contributed by atoms with van der Waals surface area (Å²) < 4.78 is 5.25. The minimum Gasteiger partial charge on any atom is -0.497 e. The van der Waals surface area contributed by atoms with Crippen LogP contribution in [0.2, 0.25) is 0 Å². The summed E-state index contributed by atoms with van der Waals surface area (Å²) in [5, 5.41) is 9.81. The molecule has 2 aromatic rings. The van der Waals surface area contributed by atoms with Crippen LogP contribution in [0.3, 0.4) is 0 Å². The van der Waals surface area contributed by atoms with Gasteiger partial charge in [0, 0.05) is 24.5 Å². The highest BCUT2D eigenvalue weighted by molar-refractivity contribution is 5.64. The summed E-state index contributed by atoms with van der Waals surface area (Å²) in [6.07, 6.45) is 0.344. The Bertz CT molecular complexity index is 551. The summed E-state index contributed by atoms with van der Waals surface area (Å²) in [4.78, 5) is 2.09. The van der Waals surface area contributed by atoms with E-state index < -0.39 is 0 Å². The van der Waals surface area contributed by atoms with Crippen LogP contribution < -0.4 is 9.64 Å². The van der Waals surface area contributed by atoms with Crippen LogP contribution in [0.15, 0.2) is 48.5 Å². The van der Waals surface area contributed by atoms with E-state index in [-0.39, 0.29) is 6.10 Å². The first-order valence-electron chi connectivity index (χ1n) is 6.81. The third kappa shape index (κ3) is 3.11. The van der Waals surface area contributed by atoms with Gasteiger partial charge in [0.05, 0.1) is 13.2 Å². The molecule has 3 heteroatoms. The second-order valence-corrected chi connectivity index (χ2v) is 4.78. The molecule has 0 saturated heterocycles. The number of aliphatic hydroxyl groups excluding tert-OH is 1. The monoisotopic (exact) mass is 271 g/mol. The highest BCUT2D eigenvalue weighted by Gasteiger charge is 2.07. The molecular formula is C17H21NO2. The van der Waals surface area contributed by atoms with Gasteiger partial charge in [-0.25, -0.2) is 0 Å². The Hall–Kier alpha value is -2.00. The Morgan fingerprint density at radius 2 is 1.80 bits per heavy atom. The lowest BCUT2D eigenvalue weighted by Crippen LogP contribution is -2.09. The van der Waals surface area contributed by atoms with Crippen LogP contribution in [0.25, 0.3) is 0 Å². The van der Waals surface area contributed by atoms with Crippen LogP contribution in [0.1, 0.15) is 25.0 Å². The van der Waals surface area contributed by atoms with Gasteiger partial charge in [0.15, 0.2) is 0 Å². The first-order chi connectivity index (χ1) is 9.65. The second-order valence-electron chi connectivity index (χ2n) is 4.78. The predicted octanol–water partition coefficient (Wildman–Crippen LogP) is 3.91. The van der Waals surface area contributed by atoms with Crippen LogP contribution in [0.5, 0.6) is 5.75 Å². The zero-order valence-corrected chi connectivity index (χ0v) is 12.2. The standard InChI is InChI=1S/C17H21NO2/c1-4-17(19)13-8-10-14(11-9-13)18(2)15-6-5-7-16(12-15)20-3/h5-12,17,19H,4H2,1-3H3/t17-/m1/s1. The minimum absolute atomic E-state index is 0.383. The van der Waals surface area contributed by atoms with Crippen molar-refractivity contribution in [2.75, 3.05) is 19.1 Å². The topological polar surface area (TPSA) is 32.7 Å². The van der Waals surface area contributed by atoms with E-state index >= 15 is 0 Å². The van der Waals surface area contributed by atoms with E-state index in [1.165, 1.54) is 0 Å². The number of hydrogen-bond acceptors (Lipinski definition) is 3. The number of nitrogens with zero attached hydrogens (tertiary/aromatic N) is 1. The molecule has 0 aliphatic heterocycles. The lowest BCUT2D eigenvalue weighted by molar-refractivity contribution is 0.173. The molecule has 0 fully saturated rings. The molecular weight excluding hydrogens is 250 g/mol. The van der Waals surface area contributed by atoms with E-state index in [9.17, 15) is 5.11 Å². The van der Waals surface area contributed by atoms with Crippen LogP contribution in [0.4, 0.5) is 11.4 Å². The maximum absolute atomic E-state index is 9.81. The number of rotatable bonds is 5. The summed E-state index contributed by atoms with van der Waals surface area (Å²) in [5.41, 5.74) is 3.09. The molecule has 0 radical (unpaired) electrons. The first kappa shape index (κ1) is 14.4. The summed E-state index contributed by atoms with van der Waals surface area (Å²) in [5.74, 6) is 0.840. The van der Waals surface area contributed by atoms with Crippen LogP contribution in [-0.4, -0.2) is 19.3 Å². The summed E-state index contributed by atoms with van der Waals surface area (Å²) in [7, 11) is 3.68. The molecule has 0 spiro atoms. The molecule has 2 rings (SSSR count). The van der Waals surface area contributed by atoms with E-state index in [1.54, 1.807) is 7.11 Å². The molecule has 0 saturated carbocycles. The number of ether oxygens (including phenoxy) is 1. The summed E-state index contributed by atoms with van der Waals surface area (Å²) in [6.45, 7) is 1.97. The van der Waals surface area contributed by atoms with Crippen molar-refractivity contribution in [2.45, 2.75) is 19.4 Å². The van der Waals surface area contributed by atoms with Gasteiger partial charge < -0.3 is 14.7 Å². The van der Waals surface area contributed by atoms with Gasteiger partial charge in [-0.3, -0.25) is 0 Å². The second kappa shape index (κ2) is 6.44. The molecule has 20 heavy (non-hydrogen) atoms. The lowest BCUT2D eigenvalue weighted by atomic mass is 10.1. The SMILES string of the molecule is CC[C@@H](O)c1ccc(N(C)c2cccc(OC)c2)cc1. The number of methoxy groups -OCH3 is 1. The summed E-state index contributed by atoms with van der Waals surface area (Å²) in [6, 6.07) is 15.9. The molecule has 0 bridgehead atoms. The summed E-state index contributed by atoms with van der Waals surface area (Å²) >= 11 is 0. The van der Waals surface area contributed by atoms with Gasteiger partial charge in [0.2, 0.25) is 0 Å². The molecule has 2 aromatic carbocycles. The van der Waals surface area contributed by atoms with Crippen LogP contribution >= 0.6 is 0 Å². The molecule has 0 aliphatic rings. The fourth-order valence-electron chi connectivity index (χ4n) is 2.12.